The molecule has 2 aromatic rings. The number of aromatic amines is 1. The number of benzene rings is 1. The molecule has 1 aromatic carbocycles. The van der Waals surface area contributed by atoms with E-state index < -0.39 is 0 Å². The third-order valence-corrected chi connectivity index (χ3v) is 4.26. The molecule has 1 saturated carbocycles. The zero-order chi connectivity index (χ0) is 14.4. The van der Waals surface area contributed by atoms with Crippen LogP contribution in [0.4, 0.5) is 0 Å². The van der Waals surface area contributed by atoms with E-state index in [4.69, 9.17) is 0 Å². The van der Waals surface area contributed by atoms with Gasteiger partial charge in [-0.2, -0.15) is 0 Å². The van der Waals surface area contributed by atoms with Crippen molar-refractivity contribution < 1.29 is 9.59 Å². The molecule has 2 fully saturated rings. The average Bonchev–Trinajstić information content (AvgIpc) is 3.11. The zero-order valence-corrected chi connectivity index (χ0v) is 11.6. The summed E-state index contributed by atoms with van der Waals surface area (Å²) in [6.07, 6.45) is 2.63. The maximum atomic E-state index is 12.3. The largest absolute Gasteiger partial charge is 0.351 e. The number of carbonyl (C=O) groups is 2. The molecule has 0 bridgehead atoms. The van der Waals surface area contributed by atoms with Crippen molar-refractivity contribution in [1.29, 1.82) is 0 Å². The Labute approximate surface area is 122 Å². The van der Waals surface area contributed by atoms with E-state index in [9.17, 15) is 9.59 Å². The first kappa shape index (κ1) is 12.4. The first-order valence-corrected chi connectivity index (χ1v) is 7.39. The number of hydrogen-bond acceptors (Lipinski definition) is 2. The van der Waals surface area contributed by atoms with Gasteiger partial charge in [-0.25, -0.2) is 0 Å². The highest BCUT2D eigenvalue weighted by molar-refractivity contribution is 5.98. The number of carbonyl (C=O) groups excluding carboxylic acids is 2. The van der Waals surface area contributed by atoms with Crippen LogP contribution in [0.5, 0.6) is 0 Å². The van der Waals surface area contributed by atoms with Crippen LogP contribution in [-0.4, -0.2) is 40.3 Å². The summed E-state index contributed by atoms with van der Waals surface area (Å²) in [5.74, 6) is 0.0288. The lowest BCUT2D eigenvalue weighted by Gasteiger charge is -2.15. The van der Waals surface area contributed by atoms with E-state index in [1.54, 1.807) is 0 Å². The molecule has 1 aromatic heterocycles. The van der Waals surface area contributed by atoms with E-state index >= 15 is 0 Å². The van der Waals surface area contributed by atoms with Gasteiger partial charge in [-0.3, -0.25) is 9.59 Å². The molecule has 1 aliphatic carbocycles. The highest BCUT2D eigenvalue weighted by Crippen LogP contribution is 2.30. The molecule has 4 rings (SSSR count). The smallest absolute Gasteiger partial charge is 0.268 e. The number of nitrogens with zero attached hydrogens (tertiary/aromatic N) is 1. The second-order valence-electron chi connectivity index (χ2n) is 5.92. The van der Waals surface area contributed by atoms with Gasteiger partial charge in [0, 0.05) is 29.9 Å². The molecule has 5 heteroatoms. The summed E-state index contributed by atoms with van der Waals surface area (Å²) in [5.41, 5.74) is 1.50. The minimum Gasteiger partial charge on any atom is -0.351 e. The Bertz CT molecular complexity index is 684. The van der Waals surface area contributed by atoms with Crippen LogP contribution in [-0.2, 0) is 4.79 Å². The third-order valence-electron chi connectivity index (χ3n) is 4.26. The quantitative estimate of drug-likeness (QED) is 0.899. The van der Waals surface area contributed by atoms with Gasteiger partial charge in [0.05, 0.1) is 6.04 Å². The van der Waals surface area contributed by atoms with Crippen LogP contribution in [0.1, 0.15) is 29.8 Å². The fraction of sp³-hybridized carbons (Fsp3) is 0.375. The van der Waals surface area contributed by atoms with Crippen molar-refractivity contribution in [3.05, 3.63) is 36.0 Å². The topological polar surface area (TPSA) is 65.2 Å². The van der Waals surface area contributed by atoms with E-state index in [0.717, 1.165) is 23.7 Å². The molecule has 0 spiro atoms. The Kier molecular flexibility index (Phi) is 2.74. The lowest BCUT2D eigenvalue weighted by Crippen LogP contribution is -2.37. The number of rotatable bonds is 3. The van der Waals surface area contributed by atoms with E-state index in [0.29, 0.717) is 24.7 Å². The zero-order valence-electron chi connectivity index (χ0n) is 11.6. The lowest BCUT2D eigenvalue weighted by molar-refractivity contribution is -0.128. The predicted octanol–water partition coefficient (Wildman–Crippen LogP) is 1.66. The Morgan fingerprint density at radius 3 is 2.86 bits per heavy atom. The summed E-state index contributed by atoms with van der Waals surface area (Å²) >= 11 is 0. The van der Waals surface area contributed by atoms with Crippen LogP contribution in [0.3, 0.4) is 0 Å². The number of para-hydroxylation sites is 1. The van der Waals surface area contributed by atoms with E-state index in [1.807, 2.05) is 35.2 Å². The van der Waals surface area contributed by atoms with E-state index in [1.165, 1.54) is 0 Å². The Hall–Kier alpha value is -2.30. The maximum absolute atomic E-state index is 12.3. The fourth-order valence-corrected chi connectivity index (χ4v) is 3.03. The molecule has 2 amide bonds. The van der Waals surface area contributed by atoms with Crippen LogP contribution in [0.15, 0.2) is 30.3 Å². The minimum absolute atomic E-state index is 0.0722. The number of likely N-dealkylation sites (tertiary alicyclic amines) is 1. The standard InChI is InChI=1S/C16H17N3O2/c20-15-8-11(9-19(15)12-5-6-12)17-16(21)14-7-10-3-1-2-4-13(10)18-14/h1-4,7,11-12,18H,5-6,8-9H2,(H,17,21)/t11-/m1/s1. The first-order chi connectivity index (χ1) is 10.2. The molecule has 0 radical (unpaired) electrons. The van der Waals surface area contributed by atoms with Crippen molar-refractivity contribution in [3.8, 4) is 0 Å². The first-order valence-electron chi connectivity index (χ1n) is 7.39. The van der Waals surface area contributed by atoms with Crippen LogP contribution >= 0.6 is 0 Å². The molecule has 108 valence electrons. The number of aromatic nitrogens is 1. The molecule has 2 aliphatic rings. The van der Waals surface area contributed by atoms with Crippen molar-refractivity contribution >= 4 is 22.7 Å². The monoisotopic (exact) mass is 283 g/mol. The second-order valence-corrected chi connectivity index (χ2v) is 5.92. The highest BCUT2D eigenvalue weighted by atomic mass is 16.2. The summed E-state index contributed by atoms with van der Waals surface area (Å²) in [4.78, 5) is 29.2. The molecule has 5 nitrogen and oxygen atoms in total. The van der Waals surface area contributed by atoms with E-state index in [2.05, 4.69) is 10.3 Å². The maximum Gasteiger partial charge on any atom is 0.268 e. The van der Waals surface area contributed by atoms with Gasteiger partial charge in [0.1, 0.15) is 5.69 Å². The van der Waals surface area contributed by atoms with Crippen molar-refractivity contribution in [2.75, 3.05) is 6.54 Å². The number of H-pyrrole nitrogens is 1. The Morgan fingerprint density at radius 1 is 1.29 bits per heavy atom. The second kappa shape index (κ2) is 4.62. The van der Waals surface area contributed by atoms with Crippen molar-refractivity contribution in [2.45, 2.75) is 31.3 Å². The minimum atomic E-state index is -0.137. The van der Waals surface area contributed by atoms with Crippen LogP contribution < -0.4 is 5.32 Å². The molecular weight excluding hydrogens is 266 g/mol. The van der Waals surface area contributed by atoms with Gasteiger partial charge in [-0.15, -0.1) is 0 Å². The highest BCUT2D eigenvalue weighted by Gasteiger charge is 2.39. The molecule has 1 aliphatic heterocycles. The molecular formula is C16H17N3O2. The summed E-state index contributed by atoms with van der Waals surface area (Å²) in [5, 5.41) is 3.98. The normalized spacial score (nSPS) is 22.0. The summed E-state index contributed by atoms with van der Waals surface area (Å²) in [6.45, 7) is 0.648. The number of hydrogen-bond donors (Lipinski definition) is 2. The fourth-order valence-electron chi connectivity index (χ4n) is 3.03. The SMILES string of the molecule is O=C(N[C@@H]1CC(=O)N(C2CC2)C1)c1cc2ccccc2[nH]1. The van der Waals surface area contributed by atoms with Crippen molar-refractivity contribution in [2.24, 2.45) is 0 Å². The van der Waals surface area contributed by atoms with Crippen LogP contribution in [0.25, 0.3) is 10.9 Å². The number of nitrogens with one attached hydrogen (secondary N) is 2. The van der Waals surface area contributed by atoms with Gasteiger partial charge in [0.15, 0.2) is 0 Å². The van der Waals surface area contributed by atoms with Gasteiger partial charge in [0.2, 0.25) is 5.91 Å². The van der Waals surface area contributed by atoms with Crippen molar-refractivity contribution in [1.82, 2.24) is 15.2 Å². The Morgan fingerprint density at radius 2 is 2.10 bits per heavy atom. The third kappa shape index (κ3) is 2.28. The van der Waals surface area contributed by atoms with Crippen molar-refractivity contribution in [3.63, 3.8) is 0 Å². The van der Waals surface area contributed by atoms with Gasteiger partial charge < -0.3 is 15.2 Å². The van der Waals surface area contributed by atoms with E-state index in [-0.39, 0.29) is 17.9 Å². The molecule has 2 heterocycles. The lowest BCUT2D eigenvalue weighted by atomic mass is 10.2. The molecule has 21 heavy (non-hydrogen) atoms. The van der Waals surface area contributed by atoms with Gasteiger partial charge >= 0.3 is 0 Å². The summed E-state index contributed by atoms with van der Waals surface area (Å²) < 4.78 is 0. The number of fused-ring (bicyclic) bond motifs is 1. The predicted molar refractivity (Wildman–Crippen MR) is 78.9 cm³/mol. The summed E-state index contributed by atoms with van der Waals surface area (Å²) in [6, 6.07) is 9.99. The Balaban J connectivity index is 1.47. The van der Waals surface area contributed by atoms with Gasteiger partial charge in [-0.05, 0) is 25.0 Å². The van der Waals surface area contributed by atoms with Gasteiger partial charge in [-0.1, -0.05) is 18.2 Å². The molecule has 0 unspecified atom stereocenters. The molecule has 2 N–H and O–H groups in total. The van der Waals surface area contributed by atoms with Crippen LogP contribution in [0, 0.1) is 0 Å². The van der Waals surface area contributed by atoms with Crippen LogP contribution in [0.2, 0.25) is 0 Å². The number of amides is 2. The molecule has 1 atom stereocenters. The average molecular weight is 283 g/mol. The van der Waals surface area contributed by atoms with Gasteiger partial charge in [0.25, 0.3) is 5.91 Å². The molecule has 1 saturated heterocycles. The summed E-state index contributed by atoms with van der Waals surface area (Å²) in [7, 11) is 0.